The second-order valence-corrected chi connectivity index (χ2v) is 6.89. The van der Waals surface area contributed by atoms with E-state index < -0.39 is 0 Å². The van der Waals surface area contributed by atoms with Crippen LogP contribution in [0.3, 0.4) is 0 Å². The Labute approximate surface area is 147 Å². The summed E-state index contributed by atoms with van der Waals surface area (Å²) in [6.07, 6.45) is 2.30. The van der Waals surface area contributed by atoms with E-state index in [-0.39, 0.29) is 29.8 Å². The molecule has 2 bridgehead atoms. The third-order valence-corrected chi connectivity index (χ3v) is 5.34. The zero-order chi connectivity index (χ0) is 17.2. The molecule has 0 saturated carbocycles. The van der Waals surface area contributed by atoms with Crippen molar-refractivity contribution in [1.82, 2.24) is 10.2 Å². The Kier molecular flexibility index (Phi) is 4.26. The number of rotatable bonds is 3. The van der Waals surface area contributed by atoms with E-state index in [1.807, 2.05) is 65.6 Å². The quantitative estimate of drug-likeness (QED) is 0.938. The van der Waals surface area contributed by atoms with Crippen LogP contribution in [0.1, 0.15) is 36.3 Å². The molecule has 0 unspecified atom stereocenters. The molecule has 128 valence electrons. The summed E-state index contributed by atoms with van der Waals surface area (Å²) in [5, 5.41) is 2.95. The molecule has 25 heavy (non-hydrogen) atoms. The molecule has 0 radical (unpaired) electrons. The van der Waals surface area contributed by atoms with Gasteiger partial charge in [-0.1, -0.05) is 60.7 Å². The zero-order valence-electron chi connectivity index (χ0n) is 14.1. The fourth-order valence-corrected chi connectivity index (χ4v) is 4.16. The fraction of sp³-hybridized carbons (Fsp3) is 0.333. The Bertz CT molecular complexity index is 720. The lowest BCUT2D eigenvalue weighted by molar-refractivity contribution is -0.134. The first-order chi connectivity index (χ1) is 12.2. The molecule has 2 aromatic rings. The van der Waals surface area contributed by atoms with Crippen LogP contribution < -0.4 is 5.32 Å². The lowest BCUT2D eigenvalue weighted by Gasteiger charge is -2.31. The number of nitrogens with zero attached hydrogens (tertiary/aromatic N) is 1. The molecule has 2 aliphatic rings. The Hall–Kier alpha value is -2.62. The van der Waals surface area contributed by atoms with Gasteiger partial charge in [-0.05, 0) is 24.0 Å². The predicted octanol–water partition coefficient (Wildman–Crippen LogP) is 2.70. The number of amides is 2. The lowest BCUT2D eigenvalue weighted by Crippen LogP contribution is -2.45. The van der Waals surface area contributed by atoms with Gasteiger partial charge in [0.1, 0.15) is 0 Å². The average Bonchev–Trinajstić information content (AvgIpc) is 2.95. The van der Waals surface area contributed by atoms with Crippen molar-refractivity contribution in [3.05, 3.63) is 71.8 Å². The highest BCUT2D eigenvalue weighted by Crippen LogP contribution is 2.34. The summed E-state index contributed by atoms with van der Waals surface area (Å²) in [7, 11) is 0. The van der Waals surface area contributed by atoms with Crippen molar-refractivity contribution in [1.29, 1.82) is 0 Å². The van der Waals surface area contributed by atoms with Crippen molar-refractivity contribution >= 4 is 11.8 Å². The van der Waals surface area contributed by atoms with E-state index in [0.29, 0.717) is 13.0 Å². The Morgan fingerprint density at radius 2 is 1.48 bits per heavy atom. The average molecular weight is 334 g/mol. The lowest BCUT2D eigenvalue weighted by atomic mass is 9.89. The number of carbonyl (C=O) groups is 2. The fourth-order valence-electron chi connectivity index (χ4n) is 4.16. The Balaban J connectivity index is 1.72. The molecule has 4 rings (SSSR count). The summed E-state index contributed by atoms with van der Waals surface area (Å²) in [5.41, 5.74) is 2.00. The van der Waals surface area contributed by atoms with E-state index in [1.54, 1.807) is 0 Å². The third-order valence-electron chi connectivity index (χ3n) is 5.34. The number of hydrogen-bond acceptors (Lipinski definition) is 2. The second-order valence-electron chi connectivity index (χ2n) is 6.89. The normalized spacial score (nSPS) is 22.6. The molecule has 0 spiro atoms. The highest BCUT2D eigenvalue weighted by Gasteiger charge is 2.42. The van der Waals surface area contributed by atoms with Gasteiger partial charge >= 0.3 is 0 Å². The summed E-state index contributed by atoms with van der Waals surface area (Å²) in [6, 6.07) is 20.0. The summed E-state index contributed by atoms with van der Waals surface area (Å²) in [6.45, 7) is 0.567. The summed E-state index contributed by atoms with van der Waals surface area (Å²) < 4.78 is 0. The van der Waals surface area contributed by atoms with Crippen molar-refractivity contribution in [2.24, 2.45) is 0 Å². The van der Waals surface area contributed by atoms with E-state index in [0.717, 1.165) is 24.0 Å². The predicted molar refractivity (Wildman–Crippen MR) is 96.0 cm³/mol. The molecule has 2 aliphatic heterocycles. The van der Waals surface area contributed by atoms with Crippen LogP contribution in [0, 0.1) is 0 Å². The first-order valence-corrected chi connectivity index (χ1v) is 8.93. The van der Waals surface area contributed by atoms with E-state index >= 15 is 0 Å². The van der Waals surface area contributed by atoms with Crippen LogP contribution in [0.5, 0.6) is 0 Å². The number of nitrogens with one attached hydrogen (secondary N) is 1. The second kappa shape index (κ2) is 6.71. The van der Waals surface area contributed by atoms with Crippen molar-refractivity contribution in [2.75, 3.05) is 6.54 Å². The zero-order valence-corrected chi connectivity index (χ0v) is 14.1. The Morgan fingerprint density at radius 3 is 2.08 bits per heavy atom. The van der Waals surface area contributed by atoms with Gasteiger partial charge in [-0.15, -0.1) is 0 Å². The molecule has 2 amide bonds. The smallest absolute Gasteiger partial charge is 0.235 e. The van der Waals surface area contributed by atoms with Crippen LogP contribution in [0.2, 0.25) is 0 Å². The number of fused-ring (bicyclic) bond motifs is 2. The maximum atomic E-state index is 13.6. The molecule has 2 heterocycles. The minimum Gasteiger partial charge on any atom is -0.354 e. The van der Waals surface area contributed by atoms with Crippen molar-refractivity contribution in [3.8, 4) is 0 Å². The number of benzene rings is 2. The largest absolute Gasteiger partial charge is 0.354 e. The molecule has 1 N–H and O–H groups in total. The summed E-state index contributed by atoms with van der Waals surface area (Å²) in [5.74, 6) is -0.152. The molecular weight excluding hydrogens is 312 g/mol. The molecule has 0 aliphatic carbocycles. The molecule has 2 atom stereocenters. The van der Waals surface area contributed by atoms with Gasteiger partial charge in [0.15, 0.2) is 0 Å². The van der Waals surface area contributed by atoms with Crippen molar-refractivity contribution in [3.63, 3.8) is 0 Å². The van der Waals surface area contributed by atoms with Gasteiger partial charge in [-0.25, -0.2) is 0 Å². The SMILES string of the molecule is O=C1C[C@@H]2CC[C@H](CN1)N2C(=O)C(c1ccccc1)c1ccccc1. The van der Waals surface area contributed by atoms with Crippen LogP contribution in [0.4, 0.5) is 0 Å². The maximum absolute atomic E-state index is 13.6. The van der Waals surface area contributed by atoms with E-state index in [9.17, 15) is 9.59 Å². The Morgan fingerprint density at radius 1 is 0.920 bits per heavy atom. The van der Waals surface area contributed by atoms with E-state index in [4.69, 9.17) is 0 Å². The molecule has 0 aromatic heterocycles. The molecule has 4 heteroatoms. The monoisotopic (exact) mass is 334 g/mol. The minimum absolute atomic E-state index is 0.0231. The van der Waals surface area contributed by atoms with Crippen LogP contribution in [0.25, 0.3) is 0 Å². The molecule has 2 aromatic carbocycles. The first kappa shape index (κ1) is 15.9. The van der Waals surface area contributed by atoms with Crippen molar-refractivity contribution < 1.29 is 9.59 Å². The van der Waals surface area contributed by atoms with Gasteiger partial charge in [-0.3, -0.25) is 9.59 Å². The van der Waals surface area contributed by atoms with E-state index in [1.165, 1.54) is 0 Å². The topological polar surface area (TPSA) is 49.4 Å². The van der Waals surface area contributed by atoms with Crippen LogP contribution in [0.15, 0.2) is 60.7 Å². The van der Waals surface area contributed by atoms with E-state index in [2.05, 4.69) is 5.32 Å². The van der Waals surface area contributed by atoms with Gasteiger partial charge in [0, 0.05) is 25.0 Å². The highest BCUT2D eigenvalue weighted by atomic mass is 16.2. The van der Waals surface area contributed by atoms with Gasteiger partial charge in [0.25, 0.3) is 0 Å². The highest BCUT2D eigenvalue weighted by molar-refractivity contribution is 5.89. The van der Waals surface area contributed by atoms with Crippen molar-refractivity contribution in [2.45, 2.75) is 37.3 Å². The molecule has 2 saturated heterocycles. The van der Waals surface area contributed by atoms with Crippen LogP contribution >= 0.6 is 0 Å². The number of carbonyl (C=O) groups excluding carboxylic acids is 2. The summed E-state index contributed by atoms with van der Waals surface area (Å²) >= 11 is 0. The van der Waals surface area contributed by atoms with Crippen LogP contribution in [-0.4, -0.2) is 35.3 Å². The minimum atomic E-state index is -0.321. The van der Waals surface area contributed by atoms with Gasteiger partial charge in [0.2, 0.25) is 11.8 Å². The number of hydrogen-bond donors (Lipinski definition) is 1. The van der Waals surface area contributed by atoms with Crippen LogP contribution in [-0.2, 0) is 9.59 Å². The first-order valence-electron chi connectivity index (χ1n) is 8.93. The molecular formula is C21H22N2O2. The maximum Gasteiger partial charge on any atom is 0.235 e. The standard InChI is InChI=1S/C21H22N2O2/c24-19-13-17-11-12-18(14-22-19)23(17)21(25)20(15-7-3-1-4-8-15)16-9-5-2-6-10-16/h1-10,17-18,20H,11-14H2,(H,22,24)/t17-,18+/m0/s1. The van der Waals surface area contributed by atoms with Gasteiger partial charge < -0.3 is 10.2 Å². The summed E-state index contributed by atoms with van der Waals surface area (Å²) in [4.78, 5) is 27.5. The van der Waals surface area contributed by atoms with Gasteiger partial charge in [0.05, 0.1) is 5.92 Å². The molecule has 4 nitrogen and oxygen atoms in total. The molecule has 2 fully saturated rings. The third kappa shape index (κ3) is 3.04. The van der Waals surface area contributed by atoms with Gasteiger partial charge in [-0.2, -0.15) is 0 Å².